The van der Waals surface area contributed by atoms with Crippen LogP contribution in [0.3, 0.4) is 0 Å². The van der Waals surface area contributed by atoms with Crippen molar-refractivity contribution in [3.63, 3.8) is 0 Å². The molecule has 2 aromatic carbocycles. The Bertz CT molecular complexity index is 1220. The highest BCUT2D eigenvalue weighted by Crippen LogP contribution is 2.24. The molecule has 2 heterocycles. The zero-order valence-electron chi connectivity index (χ0n) is 15.9. The summed E-state index contributed by atoms with van der Waals surface area (Å²) in [5.41, 5.74) is 3.45. The quantitative estimate of drug-likeness (QED) is 0.502. The number of hydrogen-bond acceptors (Lipinski definition) is 3. The van der Waals surface area contributed by atoms with Crippen LogP contribution in [0.25, 0.3) is 33.1 Å². The van der Waals surface area contributed by atoms with Crippen molar-refractivity contribution in [1.82, 2.24) is 20.2 Å². The Morgan fingerprint density at radius 3 is 2.57 bits per heavy atom. The molecule has 0 saturated carbocycles. The van der Waals surface area contributed by atoms with Crippen LogP contribution in [0.4, 0.5) is 0 Å². The third kappa shape index (κ3) is 3.54. The summed E-state index contributed by atoms with van der Waals surface area (Å²) in [4.78, 5) is 33.1. The van der Waals surface area contributed by atoms with Crippen molar-refractivity contribution in [2.24, 2.45) is 0 Å². The van der Waals surface area contributed by atoms with Gasteiger partial charge in [0.2, 0.25) is 0 Å². The maximum Gasteiger partial charge on any atom is 0.257 e. The Labute approximate surface area is 162 Å². The van der Waals surface area contributed by atoms with Gasteiger partial charge in [0.15, 0.2) is 0 Å². The maximum absolute atomic E-state index is 12.5. The minimum Gasteiger partial charge on any atom is -0.354 e. The first-order valence-corrected chi connectivity index (χ1v) is 9.19. The molecule has 3 N–H and O–H groups in total. The van der Waals surface area contributed by atoms with E-state index < -0.39 is 0 Å². The van der Waals surface area contributed by atoms with Crippen molar-refractivity contribution in [1.29, 1.82) is 0 Å². The smallest absolute Gasteiger partial charge is 0.257 e. The van der Waals surface area contributed by atoms with E-state index in [4.69, 9.17) is 0 Å². The van der Waals surface area contributed by atoms with Crippen LogP contribution in [-0.2, 0) is 0 Å². The number of aromatic amines is 2. The Kier molecular flexibility index (Phi) is 4.71. The fourth-order valence-corrected chi connectivity index (χ4v) is 3.26. The molecule has 4 rings (SSSR count). The number of para-hydroxylation sites is 1. The number of aromatic nitrogens is 2. The van der Waals surface area contributed by atoms with E-state index in [2.05, 4.69) is 15.3 Å². The van der Waals surface area contributed by atoms with Gasteiger partial charge in [-0.1, -0.05) is 18.2 Å². The van der Waals surface area contributed by atoms with E-state index >= 15 is 0 Å². The number of fused-ring (bicyclic) bond motifs is 2. The zero-order valence-corrected chi connectivity index (χ0v) is 15.9. The molecular formula is C22H22N4O2. The third-order valence-corrected chi connectivity index (χ3v) is 4.77. The molecule has 1 amide bonds. The van der Waals surface area contributed by atoms with Gasteiger partial charge in [0.25, 0.3) is 11.5 Å². The molecule has 0 fully saturated rings. The van der Waals surface area contributed by atoms with Gasteiger partial charge in [-0.25, -0.2) is 0 Å². The number of H-pyrrole nitrogens is 2. The summed E-state index contributed by atoms with van der Waals surface area (Å²) in [6.07, 6.45) is 0. The topological polar surface area (TPSA) is 81.0 Å². The molecule has 0 aliphatic heterocycles. The molecule has 0 aliphatic rings. The number of benzene rings is 2. The summed E-state index contributed by atoms with van der Waals surface area (Å²) in [5.74, 6) is -0.102. The molecule has 2 aromatic heterocycles. The first-order chi connectivity index (χ1) is 13.5. The third-order valence-electron chi connectivity index (χ3n) is 4.77. The predicted octanol–water partition coefficient (Wildman–Crippen LogP) is 2.97. The van der Waals surface area contributed by atoms with Crippen molar-refractivity contribution < 1.29 is 4.79 Å². The van der Waals surface area contributed by atoms with Crippen LogP contribution in [0.1, 0.15) is 10.4 Å². The van der Waals surface area contributed by atoms with Crippen LogP contribution in [0.15, 0.2) is 59.4 Å². The number of carbonyl (C=O) groups excluding carboxylic acids is 1. The van der Waals surface area contributed by atoms with Crippen molar-refractivity contribution in [2.75, 3.05) is 27.2 Å². The number of hydrogen-bond donors (Lipinski definition) is 3. The molecule has 6 nitrogen and oxygen atoms in total. The average Bonchev–Trinajstić information content (AvgIpc) is 3.10. The number of nitrogens with zero attached hydrogens (tertiary/aromatic N) is 1. The molecule has 4 aromatic rings. The van der Waals surface area contributed by atoms with Crippen LogP contribution in [-0.4, -0.2) is 48.0 Å². The lowest BCUT2D eigenvalue weighted by Gasteiger charge is -2.10. The number of carbonyl (C=O) groups is 1. The standard InChI is InChI=1S/C22H22N4O2/c1-26(2)10-9-23-21(27)15-7-8-19-16(11-15)13-20(24-19)17-12-14-5-3-4-6-18(14)25-22(17)28/h3-8,11-13,24H,9-10H2,1-2H3,(H,23,27)(H,25,28). The van der Waals surface area contributed by atoms with Crippen LogP contribution in [0.2, 0.25) is 0 Å². The van der Waals surface area contributed by atoms with Gasteiger partial charge in [-0.2, -0.15) is 0 Å². The molecule has 0 aliphatic carbocycles. The van der Waals surface area contributed by atoms with Gasteiger partial charge in [0.05, 0.1) is 11.3 Å². The summed E-state index contributed by atoms with van der Waals surface area (Å²) in [5, 5.41) is 4.78. The molecule has 0 atom stereocenters. The molecule has 0 saturated heterocycles. The Balaban J connectivity index is 1.66. The average molecular weight is 374 g/mol. The number of pyridine rings is 1. The van der Waals surface area contributed by atoms with Crippen LogP contribution in [0, 0.1) is 0 Å². The second-order valence-corrected chi connectivity index (χ2v) is 7.14. The highest BCUT2D eigenvalue weighted by molar-refractivity contribution is 5.99. The van der Waals surface area contributed by atoms with Crippen LogP contribution in [0.5, 0.6) is 0 Å². The van der Waals surface area contributed by atoms with Crippen LogP contribution < -0.4 is 10.9 Å². The summed E-state index contributed by atoms with van der Waals surface area (Å²) in [6.45, 7) is 1.38. The minimum absolute atomic E-state index is 0.102. The predicted molar refractivity (Wildman–Crippen MR) is 113 cm³/mol. The highest BCUT2D eigenvalue weighted by atomic mass is 16.1. The fraction of sp³-hybridized carbons (Fsp3) is 0.182. The zero-order chi connectivity index (χ0) is 19.7. The maximum atomic E-state index is 12.5. The normalized spacial score (nSPS) is 11.4. The first-order valence-electron chi connectivity index (χ1n) is 9.19. The highest BCUT2D eigenvalue weighted by Gasteiger charge is 2.11. The van der Waals surface area contributed by atoms with Crippen molar-refractivity contribution >= 4 is 27.7 Å². The van der Waals surface area contributed by atoms with Gasteiger partial charge in [-0.3, -0.25) is 9.59 Å². The van der Waals surface area contributed by atoms with Crippen LogP contribution >= 0.6 is 0 Å². The number of amides is 1. The van der Waals surface area contributed by atoms with E-state index in [1.807, 2.05) is 67.5 Å². The molecule has 0 unspecified atom stereocenters. The van der Waals surface area contributed by atoms with E-state index in [0.717, 1.165) is 34.0 Å². The number of nitrogens with one attached hydrogen (secondary N) is 3. The summed E-state index contributed by atoms with van der Waals surface area (Å²) < 4.78 is 0. The van der Waals surface area contributed by atoms with E-state index in [0.29, 0.717) is 17.7 Å². The van der Waals surface area contributed by atoms with Crippen molar-refractivity contribution in [3.8, 4) is 11.3 Å². The monoisotopic (exact) mass is 374 g/mol. The van der Waals surface area contributed by atoms with E-state index in [1.165, 1.54) is 0 Å². The van der Waals surface area contributed by atoms with Gasteiger partial charge >= 0.3 is 0 Å². The van der Waals surface area contributed by atoms with Gasteiger partial charge in [-0.15, -0.1) is 0 Å². The lowest BCUT2D eigenvalue weighted by Crippen LogP contribution is -2.31. The summed E-state index contributed by atoms with van der Waals surface area (Å²) in [6, 6.07) is 17.0. The van der Waals surface area contributed by atoms with Crippen molar-refractivity contribution in [2.45, 2.75) is 0 Å². The first kappa shape index (κ1) is 18.0. The lowest BCUT2D eigenvalue weighted by atomic mass is 10.1. The molecule has 0 radical (unpaired) electrons. The Hall–Kier alpha value is -3.38. The molecule has 0 bridgehead atoms. The summed E-state index contributed by atoms with van der Waals surface area (Å²) in [7, 11) is 3.93. The molecule has 0 spiro atoms. The second-order valence-electron chi connectivity index (χ2n) is 7.14. The van der Waals surface area contributed by atoms with E-state index in [9.17, 15) is 9.59 Å². The van der Waals surface area contributed by atoms with Gasteiger partial charge in [0.1, 0.15) is 0 Å². The molecule has 28 heavy (non-hydrogen) atoms. The molecule has 142 valence electrons. The summed E-state index contributed by atoms with van der Waals surface area (Å²) >= 11 is 0. The Morgan fingerprint density at radius 1 is 0.964 bits per heavy atom. The van der Waals surface area contributed by atoms with E-state index in [1.54, 1.807) is 6.07 Å². The molecule has 6 heteroatoms. The van der Waals surface area contributed by atoms with Gasteiger partial charge in [0, 0.05) is 35.1 Å². The minimum atomic E-state index is -0.146. The number of likely N-dealkylation sites (N-methyl/N-ethyl adjacent to an activating group) is 1. The lowest BCUT2D eigenvalue weighted by molar-refractivity contribution is 0.0951. The second kappa shape index (κ2) is 7.32. The largest absolute Gasteiger partial charge is 0.354 e. The molecular weight excluding hydrogens is 352 g/mol. The van der Waals surface area contributed by atoms with Crippen molar-refractivity contribution in [3.05, 3.63) is 70.5 Å². The van der Waals surface area contributed by atoms with Gasteiger partial charge in [-0.05, 0) is 55.9 Å². The Morgan fingerprint density at radius 2 is 1.75 bits per heavy atom. The fourth-order valence-electron chi connectivity index (χ4n) is 3.26. The van der Waals surface area contributed by atoms with Gasteiger partial charge < -0.3 is 20.2 Å². The van der Waals surface area contributed by atoms with E-state index in [-0.39, 0.29) is 11.5 Å². The number of rotatable bonds is 5. The SMILES string of the molecule is CN(C)CCNC(=O)c1ccc2[nH]c(-c3cc4ccccc4[nH]c3=O)cc2c1.